The molecule has 1 atom stereocenters. The molecule has 8 nitrogen and oxygen atoms in total. The lowest BCUT2D eigenvalue weighted by Crippen LogP contribution is -2.15. The standard InChI is InChI=1S/C23H28O8/c1-3-29-21(26)12-17(23-22(27)18(25)11-16(13-24)31-23)14-8-9-19(20(10-14)28-2)30-15-6-4-5-7-15/h8-11,15,17,24,27H,3-7,12-13H2,1-2H3. The van der Waals surface area contributed by atoms with Crippen molar-refractivity contribution in [2.45, 2.75) is 57.7 Å². The Morgan fingerprint density at radius 1 is 1.23 bits per heavy atom. The van der Waals surface area contributed by atoms with Crippen molar-refractivity contribution in [2.24, 2.45) is 0 Å². The summed E-state index contributed by atoms with van der Waals surface area (Å²) in [5.74, 6) is -1.03. The molecule has 1 aliphatic carbocycles. The van der Waals surface area contributed by atoms with Gasteiger partial charge in [-0.15, -0.1) is 0 Å². The number of esters is 1. The van der Waals surface area contributed by atoms with Crippen LogP contribution in [0.1, 0.15) is 62.0 Å². The van der Waals surface area contributed by atoms with Gasteiger partial charge in [-0.2, -0.15) is 0 Å². The third kappa shape index (κ3) is 5.38. The van der Waals surface area contributed by atoms with Gasteiger partial charge >= 0.3 is 5.97 Å². The number of aliphatic hydroxyl groups excluding tert-OH is 1. The van der Waals surface area contributed by atoms with Crippen molar-refractivity contribution >= 4 is 5.97 Å². The lowest BCUT2D eigenvalue weighted by molar-refractivity contribution is -0.143. The largest absolute Gasteiger partial charge is 0.502 e. The van der Waals surface area contributed by atoms with E-state index in [1.54, 1.807) is 25.1 Å². The molecule has 1 aromatic heterocycles. The fourth-order valence-electron chi connectivity index (χ4n) is 3.80. The molecule has 0 radical (unpaired) electrons. The van der Waals surface area contributed by atoms with Gasteiger partial charge in [0.1, 0.15) is 12.4 Å². The molecule has 2 N–H and O–H groups in total. The normalized spacial score (nSPS) is 14.9. The molecular weight excluding hydrogens is 404 g/mol. The van der Waals surface area contributed by atoms with Crippen LogP contribution in [0.3, 0.4) is 0 Å². The number of carbonyl (C=O) groups excluding carboxylic acids is 1. The number of methoxy groups -OCH3 is 1. The molecule has 0 saturated heterocycles. The zero-order valence-electron chi connectivity index (χ0n) is 17.8. The van der Waals surface area contributed by atoms with Gasteiger partial charge in [-0.3, -0.25) is 9.59 Å². The van der Waals surface area contributed by atoms with Crippen LogP contribution in [0.25, 0.3) is 0 Å². The van der Waals surface area contributed by atoms with Crippen LogP contribution >= 0.6 is 0 Å². The van der Waals surface area contributed by atoms with Crippen LogP contribution in [0.2, 0.25) is 0 Å². The summed E-state index contributed by atoms with van der Waals surface area (Å²) in [5.41, 5.74) is -0.135. The van der Waals surface area contributed by atoms with Crippen LogP contribution in [-0.4, -0.2) is 36.0 Å². The summed E-state index contributed by atoms with van der Waals surface area (Å²) in [6.45, 7) is 1.36. The average molecular weight is 432 g/mol. The fraction of sp³-hybridized carbons (Fsp3) is 0.478. The van der Waals surface area contributed by atoms with Crippen molar-refractivity contribution in [1.29, 1.82) is 0 Å². The highest BCUT2D eigenvalue weighted by molar-refractivity contribution is 5.71. The van der Waals surface area contributed by atoms with Crippen molar-refractivity contribution in [3.63, 3.8) is 0 Å². The van der Waals surface area contributed by atoms with Gasteiger partial charge in [0.2, 0.25) is 11.2 Å². The Labute approximate surface area is 180 Å². The predicted octanol–water partition coefficient (Wildman–Crippen LogP) is 3.25. The Balaban J connectivity index is 2.02. The first-order chi connectivity index (χ1) is 15.0. The molecule has 168 valence electrons. The second-order valence-corrected chi connectivity index (χ2v) is 7.44. The van der Waals surface area contributed by atoms with Gasteiger partial charge in [0, 0.05) is 6.07 Å². The molecule has 1 saturated carbocycles. The van der Waals surface area contributed by atoms with E-state index in [1.807, 2.05) is 0 Å². The topological polar surface area (TPSA) is 115 Å². The number of hydrogen-bond donors (Lipinski definition) is 2. The maximum absolute atomic E-state index is 12.3. The van der Waals surface area contributed by atoms with Gasteiger partial charge in [0.25, 0.3) is 0 Å². The predicted molar refractivity (Wildman–Crippen MR) is 112 cm³/mol. The van der Waals surface area contributed by atoms with Crippen LogP contribution in [0.4, 0.5) is 0 Å². The van der Waals surface area contributed by atoms with E-state index in [0.717, 1.165) is 31.7 Å². The van der Waals surface area contributed by atoms with E-state index in [-0.39, 0.29) is 30.7 Å². The number of aliphatic hydroxyl groups is 1. The Morgan fingerprint density at radius 3 is 2.61 bits per heavy atom. The second-order valence-electron chi connectivity index (χ2n) is 7.44. The van der Waals surface area contributed by atoms with E-state index in [4.69, 9.17) is 18.6 Å². The molecule has 0 aliphatic heterocycles. The molecule has 2 aromatic rings. The molecule has 3 rings (SSSR count). The lowest BCUT2D eigenvalue weighted by Gasteiger charge is -2.20. The quantitative estimate of drug-likeness (QED) is 0.580. The number of aromatic hydroxyl groups is 1. The first kappa shape index (κ1) is 22.7. The summed E-state index contributed by atoms with van der Waals surface area (Å²) >= 11 is 0. The summed E-state index contributed by atoms with van der Waals surface area (Å²) in [6.07, 6.45) is 4.20. The van der Waals surface area contributed by atoms with E-state index in [1.165, 1.54) is 7.11 Å². The van der Waals surface area contributed by atoms with Crippen LogP contribution in [0.15, 0.2) is 33.5 Å². The fourth-order valence-corrected chi connectivity index (χ4v) is 3.80. The Hall–Kier alpha value is -3.00. The first-order valence-corrected chi connectivity index (χ1v) is 10.4. The SMILES string of the molecule is CCOC(=O)CC(c1ccc(OC2CCCC2)c(OC)c1)c1oc(CO)cc(=O)c1O. The zero-order valence-corrected chi connectivity index (χ0v) is 17.8. The van der Waals surface area contributed by atoms with Crippen LogP contribution in [0.5, 0.6) is 17.2 Å². The maximum Gasteiger partial charge on any atom is 0.306 e. The number of ether oxygens (including phenoxy) is 3. The van der Waals surface area contributed by atoms with E-state index < -0.39 is 29.7 Å². The molecule has 0 amide bonds. The van der Waals surface area contributed by atoms with Crippen molar-refractivity contribution in [2.75, 3.05) is 13.7 Å². The van der Waals surface area contributed by atoms with E-state index in [0.29, 0.717) is 17.1 Å². The molecule has 1 aliphatic rings. The van der Waals surface area contributed by atoms with Crippen molar-refractivity contribution < 1.29 is 33.6 Å². The van der Waals surface area contributed by atoms with E-state index >= 15 is 0 Å². The van der Waals surface area contributed by atoms with E-state index in [9.17, 15) is 19.8 Å². The molecule has 0 spiro atoms. The van der Waals surface area contributed by atoms with Gasteiger partial charge in [-0.05, 0) is 50.3 Å². The molecule has 0 bridgehead atoms. The minimum atomic E-state index is -0.826. The summed E-state index contributed by atoms with van der Waals surface area (Å²) in [4.78, 5) is 24.4. The number of carbonyl (C=O) groups is 1. The number of benzene rings is 1. The second kappa shape index (κ2) is 10.3. The molecule has 1 heterocycles. The highest BCUT2D eigenvalue weighted by Crippen LogP contribution is 2.39. The summed E-state index contributed by atoms with van der Waals surface area (Å²) in [6, 6.07) is 6.19. The van der Waals surface area contributed by atoms with Crippen molar-refractivity contribution in [3.05, 3.63) is 51.6 Å². The number of rotatable bonds is 9. The molecule has 1 aromatic carbocycles. The first-order valence-electron chi connectivity index (χ1n) is 10.4. The Kier molecular flexibility index (Phi) is 7.57. The average Bonchev–Trinajstić information content (AvgIpc) is 3.28. The highest BCUT2D eigenvalue weighted by atomic mass is 16.5. The van der Waals surface area contributed by atoms with Crippen LogP contribution < -0.4 is 14.9 Å². The third-order valence-corrected chi connectivity index (χ3v) is 5.33. The maximum atomic E-state index is 12.3. The molecular formula is C23H28O8. The van der Waals surface area contributed by atoms with Crippen LogP contribution in [-0.2, 0) is 16.1 Å². The minimum Gasteiger partial charge on any atom is -0.502 e. The van der Waals surface area contributed by atoms with E-state index in [2.05, 4.69) is 0 Å². The smallest absolute Gasteiger partial charge is 0.306 e. The molecule has 8 heteroatoms. The van der Waals surface area contributed by atoms with Gasteiger partial charge in [-0.1, -0.05) is 6.07 Å². The van der Waals surface area contributed by atoms with Crippen molar-refractivity contribution in [3.8, 4) is 17.2 Å². The van der Waals surface area contributed by atoms with Crippen LogP contribution in [0, 0.1) is 0 Å². The monoisotopic (exact) mass is 432 g/mol. The zero-order chi connectivity index (χ0) is 22.4. The minimum absolute atomic E-state index is 0.0141. The summed E-state index contributed by atoms with van der Waals surface area (Å²) < 4.78 is 22.2. The summed E-state index contributed by atoms with van der Waals surface area (Å²) in [7, 11) is 1.52. The molecule has 1 fully saturated rings. The lowest BCUT2D eigenvalue weighted by atomic mass is 9.91. The number of hydrogen-bond acceptors (Lipinski definition) is 8. The van der Waals surface area contributed by atoms with Gasteiger partial charge < -0.3 is 28.8 Å². The van der Waals surface area contributed by atoms with Crippen molar-refractivity contribution in [1.82, 2.24) is 0 Å². The molecule has 31 heavy (non-hydrogen) atoms. The Morgan fingerprint density at radius 2 is 1.97 bits per heavy atom. The highest BCUT2D eigenvalue weighted by Gasteiger charge is 2.28. The Bertz CT molecular complexity index is 959. The molecule has 1 unspecified atom stereocenters. The van der Waals surface area contributed by atoms with Gasteiger partial charge in [0.15, 0.2) is 17.3 Å². The third-order valence-electron chi connectivity index (χ3n) is 5.33. The van der Waals surface area contributed by atoms with Gasteiger partial charge in [-0.25, -0.2) is 0 Å². The summed E-state index contributed by atoms with van der Waals surface area (Å²) in [5, 5.41) is 19.8. The van der Waals surface area contributed by atoms with Gasteiger partial charge in [0.05, 0.1) is 32.2 Å².